The van der Waals surface area contributed by atoms with Crippen LogP contribution in [0.15, 0.2) is 12.4 Å². The minimum atomic E-state index is -0.0995. The fraction of sp³-hybridized carbons (Fsp3) is 0.167. The van der Waals surface area contributed by atoms with Crippen LogP contribution in [0.1, 0.15) is 10.5 Å². The van der Waals surface area contributed by atoms with Crippen molar-refractivity contribution in [1.82, 2.24) is 9.97 Å². The number of carbonyl (C=O) groups is 1. The first-order valence-corrected chi connectivity index (χ1v) is 4.03. The lowest BCUT2D eigenvalue weighted by Gasteiger charge is -1.94. The smallest absolute Gasteiger partial charge is 0.193 e. The van der Waals surface area contributed by atoms with E-state index < -0.39 is 0 Å². The van der Waals surface area contributed by atoms with Crippen molar-refractivity contribution < 1.29 is 4.79 Å². The molecule has 0 aliphatic carbocycles. The summed E-state index contributed by atoms with van der Waals surface area (Å²) in [5.41, 5.74) is 5.60. The molecular weight excluding hydrogens is 210 g/mol. The average molecular weight is 216 g/mol. The Kier molecular flexibility index (Phi) is 2.53. The zero-order valence-electron chi connectivity index (χ0n) is 5.62. The van der Waals surface area contributed by atoms with Crippen LogP contribution in [-0.4, -0.2) is 21.1 Å². The lowest BCUT2D eigenvalue weighted by molar-refractivity contribution is 0.101. The van der Waals surface area contributed by atoms with Crippen molar-refractivity contribution in [2.45, 2.75) is 0 Å². The molecule has 0 fully saturated rings. The van der Waals surface area contributed by atoms with E-state index in [1.807, 2.05) is 0 Å². The summed E-state index contributed by atoms with van der Waals surface area (Å²) in [5.74, 6) is 0.216. The van der Waals surface area contributed by atoms with E-state index in [1.165, 1.54) is 12.4 Å². The summed E-state index contributed by atoms with van der Waals surface area (Å²) >= 11 is 3.02. The van der Waals surface area contributed by atoms with Gasteiger partial charge in [-0.15, -0.1) is 0 Å². The molecule has 0 spiro atoms. The second-order valence-corrected chi connectivity index (χ2v) is 2.44. The SMILES string of the molecule is Nc1cnc(C(=O)CBr)cn1. The summed E-state index contributed by atoms with van der Waals surface area (Å²) < 4.78 is 0. The first kappa shape index (κ1) is 8.13. The minimum absolute atomic E-state index is 0.0995. The van der Waals surface area contributed by atoms with Gasteiger partial charge >= 0.3 is 0 Å². The van der Waals surface area contributed by atoms with Gasteiger partial charge in [-0.25, -0.2) is 9.97 Å². The largest absolute Gasteiger partial charge is 0.382 e. The van der Waals surface area contributed by atoms with Gasteiger partial charge in [0.1, 0.15) is 11.5 Å². The number of Topliss-reactive ketones (excluding diaryl/α,β-unsaturated/α-hetero) is 1. The molecule has 0 aliphatic heterocycles. The highest BCUT2D eigenvalue weighted by molar-refractivity contribution is 9.09. The molecule has 0 aliphatic rings. The molecule has 0 unspecified atom stereocenters. The summed E-state index contributed by atoms with van der Waals surface area (Å²) in [7, 11) is 0. The fourth-order valence-corrected chi connectivity index (χ4v) is 0.838. The van der Waals surface area contributed by atoms with E-state index in [-0.39, 0.29) is 11.1 Å². The number of hydrogen-bond acceptors (Lipinski definition) is 4. The second-order valence-electron chi connectivity index (χ2n) is 1.88. The number of carbonyl (C=O) groups excluding carboxylic acids is 1. The molecule has 4 nitrogen and oxygen atoms in total. The molecule has 0 aromatic carbocycles. The molecule has 1 heterocycles. The summed E-state index contributed by atoms with van der Waals surface area (Å²) in [6, 6.07) is 0. The van der Waals surface area contributed by atoms with E-state index in [2.05, 4.69) is 25.9 Å². The Labute approximate surface area is 72.0 Å². The molecule has 1 aromatic rings. The molecule has 58 valence electrons. The predicted molar refractivity (Wildman–Crippen MR) is 44.6 cm³/mol. The molecule has 0 saturated carbocycles. The van der Waals surface area contributed by atoms with E-state index in [1.54, 1.807) is 0 Å². The molecule has 0 radical (unpaired) electrons. The minimum Gasteiger partial charge on any atom is -0.382 e. The topological polar surface area (TPSA) is 68.9 Å². The maximum Gasteiger partial charge on any atom is 0.193 e. The van der Waals surface area contributed by atoms with Gasteiger partial charge in [-0.3, -0.25) is 4.79 Å². The van der Waals surface area contributed by atoms with E-state index >= 15 is 0 Å². The maximum atomic E-state index is 10.9. The van der Waals surface area contributed by atoms with Crippen molar-refractivity contribution >= 4 is 27.5 Å². The number of rotatable bonds is 2. The van der Waals surface area contributed by atoms with Crippen LogP contribution in [0, 0.1) is 0 Å². The summed E-state index contributed by atoms with van der Waals surface area (Å²) in [6.07, 6.45) is 2.72. The molecule has 1 rings (SSSR count). The number of anilines is 1. The van der Waals surface area contributed by atoms with Crippen molar-refractivity contribution in [2.24, 2.45) is 0 Å². The van der Waals surface area contributed by atoms with Gasteiger partial charge in [-0.1, -0.05) is 15.9 Å². The van der Waals surface area contributed by atoms with E-state index in [0.29, 0.717) is 11.5 Å². The quantitative estimate of drug-likeness (QED) is 0.581. The number of nitrogen functional groups attached to an aromatic ring is 1. The van der Waals surface area contributed by atoms with Crippen LogP contribution in [0.25, 0.3) is 0 Å². The van der Waals surface area contributed by atoms with Crippen LogP contribution in [-0.2, 0) is 0 Å². The molecule has 0 saturated heterocycles. The lowest BCUT2D eigenvalue weighted by atomic mass is 10.3. The second kappa shape index (κ2) is 3.43. The third-order valence-corrected chi connectivity index (χ3v) is 1.59. The van der Waals surface area contributed by atoms with Crippen molar-refractivity contribution in [3.63, 3.8) is 0 Å². The summed E-state index contributed by atoms with van der Waals surface area (Å²) in [4.78, 5) is 18.4. The van der Waals surface area contributed by atoms with Gasteiger partial charge in [-0.2, -0.15) is 0 Å². The number of halogens is 1. The Bertz CT molecular complexity index is 259. The van der Waals surface area contributed by atoms with Crippen LogP contribution in [0.4, 0.5) is 5.82 Å². The standard InChI is InChI=1S/C6H6BrN3O/c7-1-5(11)4-2-10-6(8)3-9-4/h2-3H,1H2,(H2,8,10). The predicted octanol–water partition coefficient (Wildman–Crippen LogP) is 0.636. The molecular formula is C6H6BrN3O. The van der Waals surface area contributed by atoms with Gasteiger partial charge in [0.05, 0.1) is 17.7 Å². The number of hydrogen-bond donors (Lipinski definition) is 1. The van der Waals surface area contributed by atoms with Crippen LogP contribution >= 0.6 is 15.9 Å². The molecule has 5 heteroatoms. The number of alkyl halides is 1. The highest BCUT2D eigenvalue weighted by Gasteiger charge is 2.04. The normalized spacial score (nSPS) is 9.55. The van der Waals surface area contributed by atoms with Crippen molar-refractivity contribution in [1.29, 1.82) is 0 Å². The first-order chi connectivity index (χ1) is 5.24. The summed E-state index contributed by atoms with van der Waals surface area (Å²) in [5, 5.41) is 0.256. The van der Waals surface area contributed by atoms with E-state index in [4.69, 9.17) is 5.73 Å². The Morgan fingerprint density at radius 2 is 2.27 bits per heavy atom. The van der Waals surface area contributed by atoms with Gasteiger partial charge in [-0.05, 0) is 0 Å². The highest BCUT2D eigenvalue weighted by Crippen LogP contribution is 1.98. The number of aromatic nitrogens is 2. The Morgan fingerprint density at radius 1 is 1.55 bits per heavy atom. The average Bonchev–Trinajstić information content (AvgIpc) is 2.05. The van der Waals surface area contributed by atoms with Gasteiger partial charge in [0, 0.05) is 0 Å². The number of ketones is 1. The fourth-order valence-electron chi connectivity index (χ4n) is 0.550. The maximum absolute atomic E-state index is 10.9. The van der Waals surface area contributed by atoms with Crippen molar-refractivity contribution in [3.05, 3.63) is 18.1 Å². The molecule has 0 bridgehead atoms. The van der Waals surface area contributed by atoms with Gasteiger partial charge in [0.2, 0.25) is 0 Å². The first-order valence-electron chi connectivity index (χ1n) is 2.90. The highest BCUT2D eigenvalue weighted by atomic mass is 79.9. The molecule has 0 amide bonds. The Morgan fingerprint density at radius 3 is 2.73 bits per heavy atom. The van der Waals surface area contributed by atoms with Crippen molar-refractivity contribution in [2.75, 3.05) is 11.1 Å². The van der Waals surface area contributed by atoms with Gasteiger partial charge in [0.15, 0.2) is 5.78 Å². The van der Waals surface area contributed by atoms with Gasteiger partial charge in [0.25, 0.3) is 0 Å². The Hall–Kier alpha value is -0.970. The van der Waals surface area contributed by atoms with Crippen LogP contribution in [0.5, 0.6) is 0 Å². The molecule has 1 aromatic heterocycles. The monoisotopic (exact) mass is 215 g/mol. The van der Waals surface area contributed by atoms with Crippen LogP contribution in [0.3, 0.4) is 0 Å². The Balaban J connectivity index is 2.90. The van der Waals surface area contributed by atoms with Gasteiger partial charge < -0.3 is 5.73 Å². The molecule has 0 atom stereocenters. The summed E-state index contributed by atoms with van der Waals surface area (Å²) in [6.45, 7) is 0. The van der Waals surface area contributed by atoms with E-state index in [9.17, 15) is 4.79 Å². The van der Waals surface area contributed by atoms with E-state index in [0.717, 1.165) is 0 Å². The number of nitrogens with two attached hydrogens (primary N) is 1. The van der Waals surface area contributed by atoms with Crippen LogP contribution < -0.4 is 5.73 Å². The third-order valence-electron chi connectivity index (χ3n) is 1.08. The zero-order chi connectivity index (χ0) is 8.27. The molecule has 11 heavy (non-hydrogen) atoms. The van der Waals surface area contributed by atoms with Crippen molar-refractivity contribution in [3.8, 4) is 0 Å². The molecule has 2 N–H and O–H groups in total. The zero-order valence-corrected chi connectivity index (χ0v) is 7.21. The third kappa shape index (κ3) is 1.98. The van der Waals surface area contributed by atoms with Crippen LogP contribution in [0.2, 0.25) is 0 Å². The lowest BCUT2D eigenvalue weighted by Crippen LogP contribution is -2.04. The number of nitrogens with zero attached hydrogens (tertiary/aromatic N) is 2.